The summed E-state index contributed by atoms with van der Waals surface area (Å²) in [6.45, 7) is 0.437. The van der Waals surface area contributed by atoms with Gasteiger partial charge in [-0.05, 0) is 30.3 Å². The number of para-hydroxylation sites is 1. The first-order valence-corrected chi connectivity index (χ1v) is 11.8. The summed E-state index contributed by atoms with van der Waals surface area (Å²) in [4.78, 5) is 4.14. The highest BCUT2D eigenvalue weighted by Gasteiger charge is 2.18. The second-order valence-electron chi connectivity index (χ2n) is 7.35. The normalized spacial score (nSPS) is 11.8. The molecule has 0 amide bonds. The van der Waals surface area contributed by atoms with Crippen molar-refractivity contribution in [3.63, 3.8) is 0 Å². The molecule has 0 saturated carbocycles. The van der Waals surface area contributed by atoms with Gasteiger partial charge in [-0.1, -0.05) is 36.4 Å². The molecule has 10 heteroatoms. The summed E-state index contributed by atoms with van der Waals surface area (Å²) in [7, 11) is -4.50. The zero-order valence-corrected chi connectivity index (χ0v) is 18.8. The van der Waals surface area contributed by atoms with E-state index in [2.05, 4.69) is 15.2 Å². The van der Waals surface area contributed by atoms with Crippen molar-refractivity contribution in [1.29, 1.82) is 0 Å². The fourth-order valence-corrected chi connectivity index (χ4v) is 4.13. The van der Waals surface area contributed by atoms with Gasteiger partial charge in [-0.3, -0.25) is 9.54 Å². The lowest BCUT2D eigenvalue weighted by molar-refractivity contribution is 0.234. The number of ether oxygens (including phenoxy) is 1. The summed E-state index contributed by atoms with van der Waals surface area (Å²) in [5.74, 6) is 0.652. The van der Waals surface area contributed by atoms with E-state index in [0.717, 1.165) is 5.56 Å². The van der Waals surface area contributed by atoms with Crippen molar-refractivity contribution in [3.05, 3.63) is 72.9 Å². The second-order valence-corrected chi connectivity index (χ2v) is 8.74. The molecule has 0 spiro atoms. The van der Waals surface area contributed by atoms with Crippen molar-refractivity contribution >= 4 is 38.0 Å². The van der Waals surface area contributed by atoms with E-state index >= 15 is 0 Å². The number of nitrogens with two attached hydrogens (primary N) is 1. The molecule has 1 aromatic heterocycles. The molecule has 34 heavy (non-hydrogen) atoms. The first-order chi connectivity index (χ1) is 16.4. The Kier molecular flexibility index (Phi) is 6.82. The summed E-state index contributed by atoms with van der Waals surface area (Å²) < 4.78 is 39.1. The highest BCUT2D eigenvalue weighted by molar-refractivity contribution is 7.86. The van der Waals surface area contributed by atoms with Gasteiger partial charge in [0, 0.05) is 29.4 Å². The Bertz CT molecular complexity index is 1450. The minimum Gasteiger partial charge on any atom is -0.493 e. The van der Waals surface area contributed by atoms with Gasteiger partial charge in [0.15, 0.2) is 0 Å². The van der Waals surface area contributed by atoms with Crippen LogP contribution >= 0.6 is 0 Å². The number of pyridine rings is 1. The van der Waals surface area contributed by atoms with E-state index in [9.17, 15) is 13.0 Å². The third-order valence-corrected chi connectivity index (χ3v) is 5.94. The first kappa shape index (κ1) is 23.3. The van der Waals surface area contributed by atoms with Crippen molar-refractivity contribution in [2.24, 2.45) is 10.2 Å². The van der Waals surface area contributed by atoms with Crippen LogP contribution in [0.25, 0.3) is 22.0 Å². The van der Waals surface area contributed by atoms with Gasteiger partial charge in [0.2, 0.25) is 0 Å². The molecule has 9 nitrogen and oxygen atoms in total. The summed E-state index contributed by atoms with van der Waals surface area (Å²) in [6.07, 6.45) is 2.04. The number of nitrogen functional groups attached to an aromatic ring is 1. The standard InChI is InChI=1S/C24H22N4O5S/c25-24-18-7-2-1-6-17(18)23(34(30,31)32)14-21(24)28-27-16-10-11-20(26-15-16)19-8-3-4-9-22(19)33-13-5-12-29/h1-4,6-11,14-15,29H,5,12-13,25H2,(H,30,31,32). The lowest BCUT2D eigenvalue weighted by Gasteiger charge is -2.10. The van der Waals surface area contributed by atoms with E-state index in [4.69, 9.17) is 15.6 Å². The molecule has 4 rings (SSSR count). The van der Waals surface area contributed by atoms with Crippen LogP contribution in [-0.2, 0) is 10.1 Å². The predicted molar refractivity (Wildman–Crippen MR) is 129 cm³/mol. The van der Waals surface area contributed by atoms with Crippen LogP contribution < -0.4 is 10.5 Å². The third-order valence-electron chi connectivity index (χ3n) is 5.05. The zero-order valence-electron chi connectivity index (χ0n) is 18.0. The Morgan fingerprint density at radius 1 is 0.971 bits per heavy atom. The fraction of sp³-hybridized carbons (Fsp3) is 0.125. The number of azo groups is 1. The quantitative estimate of drug-likeness (QED) is 0.141. The Morgan fingerprint density at radius 3 is 2.41 bits per heavy atom. The van der Waals surface area contributed by atoms with Crippen LogP contribution in [0.2, 0.25) is 0 Å². The zero-order chi connectivity index (χ0) is 24.1. The van der Waals surface area contributed by atoms with Gasteiger partial charge in [-0.15, -0.1) is 10.2 Å². The lowest BCUT2D eigenvalue weighted by Crippen LogP contribution is -2.01. The van der Waals surface area contributed by atoms with Crippen LogP contribution in [0.3, 0.4) is 0 Å². The van der Waals surface area contributed by atoms with Crippen LogP contribution in [0, 0.1) is 0 Å². The van der Waals surface area contributed by atoms with Gasteiger partial charge in [0.05, 0.1) is 24.2 Å². The average Bonchev–Trinajstić information content (AvgIpc) is 2.84. The topological polar surface area (TPSA) is 147 Å². The van der Waals surface area contributed by atoms with Crippen molar-refractivity contribution < 1.29 is 22.8 Å². The van der Waals surface area contributed by atoms with Crippen LogP contribution in [0.5, 0.6) is 5.75 Å². The molecule has 0 bridgehead atoms. The van der Waals surface area contributed by atoms with Crippen molar-refractivity contribution in [2.75, 3.05) is 18.9 Å². The Balaban J connectivity index is 1.64. The molecule has 0 radical (unpaired) electrons. The van der Waals surface area contributed by atoms with Gasteiger partial charge in [-0.25, -0.2) is 0 Å². The third kappa shape index (κ3) is 5.04. The molecule has 0 aliphatic carbocycles. The van der Waals surface area contributed by atoms with Gasteiger partial charge in [0.1, 0.15) is 22.0 Å². The average molecular weight is 479 g/mol. The summed E-state index contributed by atoms with van der Waals surface area (Å²) in [5, 5.41) is 17.9. The molecule has 3 aromatic carbocycles. The van der Waals surface area contributed by atoms with Gasteiger partial charge in [-0.2, -0.15) is 8.42 Å². The molecule has 0 aliphatic heterocycles. The molecular formula is C24H22N4O5S. The SMILES string of the molecule is Nc1c(N=Nc2ccc(-c3ccccc3OCCCO)nc2)cc(S(=O)(=O)O)c2ccccc12. The summed E-state index contributed by atoms with van der Waals surface area (Å²) >= 11 is 0. The largest absolute Gasteiger partial charge is 0.493 e. The molecule has 0 saturated heterocycles. The molecule has 0 fully saturated rings. The molecule has 174 valence electrons. The van der Waals surface area contributed by atoms with E-state index < -0.39 is 10.1 Å². The Labute approximate surface area is 196 Å². The van der Waals surface area contributed by atoms with E-state index in [-0.39, 0.29) is 22.9 Å². The number of hydrogen-bond donors (Lipinski definition) is 3. The Hall–Kier alpha value is -3.86. The number of anilines is 1. The first-order valence-electron chi connectivity index (χ1n) is 10.4. The highest BCUT2D eigenvalue weighted by Crippen LogP contribution is 2.37. The molecule has 0 atom stereocenters. The van der Waals surface area contributed by atoms with Gasteiger partial charge >= 0.3 is 0 Å². The molecule has 0 unspecified atom stereocenters. The van der Waals surface area contributed by atoms with E-state index in [0.29, 0.717) is 40.9 Å². The number of rotatable bonds is 8. The number of benzene rings is 3. The van der Waals surface area contributed by atoms with E-state index in [1.54, 1.807) is 36.4 Å². The number of aliphatic hydroxyl groups is 1. The van der Waals surface area contributed by atoms with Gasteiger partial charge in [0.25, 0.3) is 10.1 Å². The monoisotopic (exact) mass is 478 g/mol. The number of hydrogen-bond acceptors (Lipinski definition) is 8. The molecule has 1 heterocycles. The number of aliphatic hydroxyl groups excluding tert-OH is 1. The van der Waals surface area contributed by atoms with Crippen LogP contribution in [0.4, 0.5) is 17.1 Å². The van der Waals surface area contributed by atoms with Crippen molar-refractivity contribution in [1.82, 2.24) is 4.98 Å². The highest BCUT2D eigenvalue weighted by atomic mass is 32.2. The number of nitrogens with zero attached hydrogens (tertiary/aromatic N) is 3. The molecule has 4 aromatic rings. The summed E-state index contributed by atoms with van der Waals surface area (Å²) in [6, 6.07) is 18.7. The predicted octanol–water partition coefficient (Wildman–Crippen LogP) is 4.91. The maximum atomic E-state index is 11.9. The van der Waals surface area contributed by atoms with Crippen LogP contribution in [-0.4, -0.2) is 36.3 Å². The molecular weight excluding hydrogens is 456 g/mol. The minimum atomic E-state index is -4.50. The van der Waals surface area contributed by atoms with Crippen LogP contribution in [0.15, 0.2) is 88.1 Å². The molecule has 4 N–H and O–H groups in total. The number of fused-ring (bicyclic) bond motifs is 1. The fourth-order valence-electron chi connectivity index (χ4n) is 3.41. The second kappa shape index (κ2) is 9.96. The maximum Gasteiger partial charge on any atom is 0.295 e. The maximum absolute atomic E-state index is 11.9. The molecule has 0 aliphatic rings. The van der Waals surface area contributed by atoms with Crippen molar-refractivity contribution in [3.8, 4) is 17.0 Å². The van der Waals surface area contributed by atoms with Gasteiger partial charge < -0.3 is 15.6 Å². The van der Waals surface area contributed by atoms with E-state index in [1.165, 1.54) is 12.3 Å². The Morgan fingerprint density at radius 2 is 1.71 bits per heavy atom. The summed E-state index contributed by atoms with van der Waals surface area (Å²) in [5.41, 5.74) is 8.41. The number of aromatic nitrogens is 1. The minimum absolute atomic E-state index is 0.0492. The van der Waals surface area contributed by atoms with Crippen LogP contribution in [0.1, 0.15) is 6.42 Å². The smallest absolute Gasteiger partial charge is 0.295 e. The lowest BCUT2D eigenvalue weighted by atomic mass is 10.1. The van der Waals surface area contributed by atoms with E-state index in [1.807, 2.05) is 24.3 Å². The van der Waals surface area contributed by atoms with Crippen molar-refractivity contribution in [2.45, 2.75) is 11.3 Å².